The van der Waals surface area contributed by atoms with E-state index in [2.05, 4.69) is 0 Å². The van der Waals surface area contributed by atoms with E-state index in [1.165, 1.54) is 11.0 Å². The molecule has 0 atom stereocenters. The number of amides is 1. The maximum absolute atomic E-state index is 13.3. The van der Waals surface area contributed by atoms with Gasteiger partial charge in [-0.1, -0.05) is 18.2 Å². The van der Waals surface area contributed by atoms with Gasteiger partial charge in [0.25, 0.3) is 5.91 Å². The van der Waals surface area contributed by atoms with Crippen molar-refractivity contribution >= 4 is 5.91 Å². The number of quaternary nitrogens is 1. The zero-order chi connectivity index (χ0) is 17.6. The van der Waals surface area contributed by atoms with Crippen molar-refractivity contribution in [3.05, 3.63) is 65.5 Å². The number of hydrogen-bond donors (Lipinski definition) is 1. The number of rotatable bonds is 5. The Labute approximate surface area is 147 Å². The first kappa shape index (κ1) is 17.4. The van der Waals surface area contributed by atoms with Crippen molar-refractivity contribution in [3.63, 3.8) is 0 Å². The van der Waals surface area contributed by atoms with Crippen molar-refractivity contribution in [1.29, 1.82) is 0 Å². The third-order valence-corrected chi connectivity index (χ3v) is 4.49. The minimum absolute atomic E-state index is 0.0476. The topological polar surface area (TPSA) is 34.0 Å². The lowest BCUT2D eigenvalue weighted by Gasteiger charge is -2.32. The van der Waals surface area contributed by atoms with Gasteiger partial charge in [-0.2, -0.15) is 0 Å². The zero-order valence-electron chi connectivity index (χ0n) is 14.5. The Bertz CT molecular complexity index is 727. The van der Waals surface area contributed by atoms with Crippen LogP contribution in [0.25, 0.3) is 0 Å². The van der Waals surface area contributed by atoms with Crippen molar-refractivity contribution in [1.82, 2.24) is 4.90 Å². The molecular weight excluding hydrogens is 319 g/mol. The Hall–Kier alpha value is -2.40. The van der Waals surface area contributed by atoms with E-state index in [0.717, 1.165) is 30.9 Å². The van der Waals surface area contributed by atoms with E-state index in [1.54, 1.807) is 18.2 Å². The van der Waals surface area contributed by atoms with E-state index in [0.29, 0.717) is 25.3 Å². The summed E-state index contributed by atoms with van der Waals surface area (Å²) in [6, 6.07) is 14.1. The van der Waals surface area contributed by atoms with Crippen LogP contribution in [-0.2, 0) is 6.54 Å². The lowest BCUT2D eigenvalue weighted by atomic mass is 10.1. The van der Waals surface area contributed by atoms with Gasteiger partial charge in [0.2, 0.25) is 0 Å². The number of benzene rings is 2. The minimum atomic E-state index is -0.195. The lowest BCUT2D eigenvalue weighted by molar-refractivity contribution is -0.917. The van der Waals surface area contributed by atoms with Crippen LogP contribution in [0.5, 0.6) is 5.75 Å². The number of ether oxygens (including phenoxy) is 1. The smallest absolute Gasteiger partial charge is 0.254 e. The molecule has 0 saturated carbocycles. The summed E-state index contributed by atoms with van der Waals surface area (Å²) in [7, 11) is 0. The molecule has 1 saturated heterocycles. The molecule has 1 N–H and O–H groups in total. The van der Waals surface area contributed by atoms with Gasteiger partial charge in [0.1, 0.15) is 18.1 Å². The molecule has 0 unspecified atom stereocenters. The monoisotopic (exact) mass is 343 g/mol. The summed E-state index contributed by atoms with van der Waals surface area (Å²) in [5.74, 6) is 0.579. The molecule has 0 aromatic heterocycles. The molecule has 0 radical (unpaired) electrons. The quantitative estimate of drug-likeness (QED) is 0.898. The number of carbonyl (C=O) groups excluding carboxylic acids is 1. The number of piperazine rings is 1. The molecule has 4 nitrogen and oxygen atoms in total. The predicted molar refractivity (Wildman–Crippen MR) is 94.3 cm³/mol. The number of nitrogens with zero attached hydrogens (tertiary/aromatic N) is 1. The van der Waals surface area contributed by atoms with E-state index in [-0.39, 0.29) is 11.7 Å². The first-order valence-electron chi connectivity index (χ1n) is 8.76. The number of carbonyl (C=O) groups is 1. The molecule has 5 heteroatoms. The highest BCUT2D eigenvalue weighted by Gasteiger charge is 2.24. The van der Waals surface area contributed by atoms with Crippen LogP contribution in [0, 0.1) is 5.82 Å². The average molecular weight is 343 g/mol. The highest BCUT2D eigenvalue weighted by Crippen LogP contribution is 2.15. The highest BCUT2D eigenvalue weighted by atomic mass is 19.1. The molecule has 1 heterocycles. The Morgan fingerprint density at radius 2 is 1.92 bits per heavy atom. The van der Waals surface area contributed by atoms with Crippen LogP contribution in [0.15, 0.2) is 48.5 Å². The van der Waals surface area contributed by atoms with Gasteiger partial charge in [0, 0.05) is 11.1 Å². The molecular formula is C20H24FN2O2+. The van der Waals surface area contributed by atoms with Crippen LogP contribution in [0.4, 0.5) is 4.39 Å². The number of halogens is 1. The lowest BCUT2D eigenvalue weighted by Crippen LogP contribution is -3.13. The van der Waals surface area contributed by atoms with Crippen LogP contribution in [0.2, 0.25) is 0 Å². The number of hydrogen-bond acceptors (Lipinski definition) is 2. The second-order valence-electron chi connectivity index (χ2n) is 6.31. The summed E-state index contributed by atoms with van der Waals surface area (Å²) in [6.07, 6.45) is 0. The fourth-order valence-corrected chi connectivity index (χ4v) is 3.21. The predicted octanol–water partition coefficient (Wildman–Crippen LogP) is 1.77. The largest absolute Gasteiger partial charge is 0.494 e. The van der Waals surface area contributed by atoms with E-state index in [1.807, 2.05) is 36.1 Å². The van der Waals surface area contributed by atoms with Crippen molar-refractivity contribution < 1.29 is 18.8 Å². The summed E-state index contributed by atoms with van der Waals surface area (Å²) in [4.78, 5) is 15.9. The van der Waals surface area contributed by atoms with Crippen LogP contribution in [-0.4, -0.2) is 43.6 Å². The van der Waals surface area contributed by atoms with E-state index >= 15 is 0 Å². The van der Waals surface area contributed by atoms with Crippen LogP contribution in [0.1, 0.15) is 22.8 Å². The minimum Gasteiger partial charge on any atom is -0.494 e. The number of nitrogens with one attached hydrogen (secondary N) is 1. The fraction of sp³-hybridized carbons (Fsp3) is 0.350. The van der Waals surface area contributed by atoms with Gasteiger partial charge < -0.3 is 14.5 Å². The molecule has 2 aromatic carbocycles. The Morgan fingerprint density at radius 3 is 2.64 bits per heavy atom. The zero-order valence-corrected chi connectivity index (χ0v) is 14.5. The third kappa shape index (κ3) is 4.57. The fourth-order valence-electron chi connectivity index (χ4n) is 3.21. The average Bonchev–Trinajstić information content (AvgIpc) is 2.62. The van der Waals surface area contributed by atoms with Crippen molar-refractivity contribution in [2.75, 3.05) is 32.8 Å². The summed E-state index contributed by atoms with van der Waals surface area (Å²) in [5.41, 5.74) is 1.67. The third-order valence-electron chi connectivity index (χ3n) is 4.49. The van der Waals surface area contributed by atoms with Crippen LogP contribution >= 0.6 is 0 Å². The van der Waals surface area contributed by atoms with E-state index in [4.69, 9.17) is 4.74 Å². The van der Waals surface area contributed by atoms with Crippen molar-refractivity contribution in [3.8, 4) is 5.75 Å². The second-order valence-corrected chi connectivity index (χ2v) is 6.31. The van der Waals surface area contributed by atoms with Gasteiger partial charge in [0.15, 0.2) is 0 Å². The summed E-state index contributed by atoms with van der Waals surface area (Å²) >= 11 is 0. The first-order valence-corrected chi connectivity index (χ1v) is 8.76. The van der Waals surface area contributed by atoms with Crippen LogP contribution in [0.3, 0.4) is 0 Å². The van der Waals surface area contributed by atoms with Gasteiger partial charge in [-0.05, 0) is 37.3 Å². The standard InChI is InChI=1S/C20H23FN2O2/c1-2-25-19-8-4-6-17(14-19)20(24)23-11-9-22(10-12-23)15-16-5-3-7-18(21)13-16/h3-8,13-14H,2,9-12,15H2,1H3/p+1. The Balaban J connectivity index is 1.56. The Morgan fingerprint density at radius 1 is 1.16 bits per heavy atom. The van der Waals surface area contributed by atoms with Gasteiger partial charge in [-0.3, -0.25) is 4.79 Å². The summed E-state index contributed by atoms with van der Waals surface area (Å²) < 4.78 is 18.8. The molecule has 0 spiro atoms. The van der Waals surface area contributed by atoms with E-state index < -0.39 is 0 Å². The maximum atomic E-state index is 13.3. The van der Waals surface area contributed by atoms with Crippen molar-refractivity contribution in [2.45, 2.75) is 13.5 Å². The maximum Gasteiger partial charge on any atom is 0.254 e. The van der Waals surface area contributed by atoms with E-state index in [9.17, 15) is 9.18 Å². The van der Waals surface area contributed by atoms with Gasteiger partial charge in [-0.25, -0.2) is 4.39 Å². The Kier molecular flexibility index (Phi) is 5.66. The SMILES string of the molecule is CCOc1cccc(C(=O)N2CC[NH+](Cc3cccc(F)c3)CC2)c1. The molecule has 1 fully saturated rings. The van der Waals surface area contributed by atoms with Crippen LogP contribution < -0.4 is 9.64 Å². The molecule has 0 bridgehead atoms. The molecule has 0 aliphatic carbocycles. The molecule has 1 aliphatic rings. The first-order chi connectivity index (χ1) is 12.2. The van der Waals surface area contributed by atoms with Gasteiger partial charge >= 0.3 is 0 Å². The molecule has 1 aliphatic heterocycles. The molecule has 2 aromatic rings. The molecule has 1 amide bonds. The van der Waals surface area contributed by atoms with Gasteiger partial charge in [0.05, 0.1) is 32.8 Å². The molecule has 132 valence electrons. The molecule has 3 rings (SSSR count). The normalized spacial score (nSPS) is 15.2. The van der Waals surface area contributed by atoms with Gasteiger partial charge in [-0.15, -0.1) is 0 Å². The summed E-state index contributed by atoms with van der Waals surface area (Å²) in [6.45, 7) is 6.46. The van der Waals surface area contributed by atoms with Crippen molar-refractivity contribution in [2.24, 2.45) is 0 Å². The molecule has 25 heavy (non-hydrogen) atoms. The second kappa shape index (κ2) is 8.12. The highest BCUT2D eigenvalue weighted by molar-refractivity contribution is 5.94. The summed E-state index contributed by atoms with van der Waals surface area (Å²) in [5, 5.41) is 0.